The smallest absolute Gasteiger partial charge is 0.204 e. The number of halogens is 1. The number of fused-ring (bicyclic) bond motifs is 2. The first kappa shape index (κ1) is 15.9. The van der Waals surface area contributed by atoms with Crippen molar-refractivity contribution in [3.05, 3.63) is 52.0 Å². The van der Waals surface area contributed by atoms with Crippen molar-refractivity contribution >= 4 is 43.9 Å². The number of aromatic amines is 2. The van der Waals surface area contributed by atoms with Crippen molar-refractivity contribution in [1.82, 2.24) is 25.6 Å². The molecule has 3 N–H and O–H groups in total. The molecule has 0 spiro atoms. The summed E-state index contributed by atoms with van der Waals surface area (Å²) in [5.41, 5.74) is 5.22. The lowest BCUT2D eigenvalue weighted by atomic mass is 9.99. The maximum Gasteiger partial charge on any atom is 0.204 e. The first-order valence-electron chi connectivity index (χ1n) is 8.11. The Hall–Kier alpha value is -3.33. The van der Waals surface area contributed by atoms with Gasteiger partial charge >= 0.3 is 0 Å². The summed E-state index contributed by atoms with van der Waals surface area (Å²) in [4.78, 5) is 12.2. The van der Waals surface area contributed by atoms with Crippen LogP contribution in [0.25, 0.3) is 22.3 Å². The Labute approximate surface area is 161 Å². The lowest BCUT2D eigenvalue weighted by molar-refractivity contribution is 0.457. The summed E-state index contributed by atoms with van der Waals surface area (Å²) in [5.74, 6) is 0.559. The van der Waals surface area contributed by atoms with Crippen molar-refractivity contribution in [3.63, 3.8) is 0 Å². The van der Waals surface area contributed by atoms with E-state index in [0.717, 1.165) is 32.2 Å². The number of tetrazole rings is 1. The van der Waals surface area contributed by atoms with Crippen LogP contribution in [-0.4, -0.2) is 49.2 Å². The van der Waals surface area contributed by atoms with E-state index in [1.807, 2.05) is 36.4 Å². The van der Waals surface area contributed by atoms with Crippen molar-refractivity contribution < 1.29 is 5.11 Å². The van der Waals surface area contributed by atoms with Crippen LogP contribution < -0.4 is 0 Å². The molecule has 0 aliphatic carbocycles. The monoisotopic (exact) mass is 421 g/mol. The van der Waals surface area contributed by atoms with Crippen LogP contribution in [0.4, 0.5) is 5.69 Å². The van der Waals surface area contributed by atoms with E-state index in [2.05, 4.69) is 46.5 Å². The molecule has 1 aliphatic rings. The molecule has 9 heteroatoms. The fraction of sp³-hybridized carbons (Fsp3) is 0.0556. The second-order valence-electron chi connectivity index (χ2n) is 6.01. The number of para-hydroxylation sites is 1. The third-order valence-electron chi connectivity index (χ3n) is 4.54. The molecule has 4 aromatic rings. The van der Waals surface area contributed by atoms with Gasteiger partial charge in [-0.25, -0.2) is 4.99 Å². The number of H-pyrrole nitrogens is 2. The quantitative estimate of drug-likeness (QED) is 0.459. The van der Waals surface area contributed by atoms with E-state index < -0.39 is 0 Å². The predicted molar refractivity (Wildman–Crippen MR) is 106 cm³/mol. The number of rotatable bonds is 2. The molecule has 0 saturated heterocycles. The van der Waals surface area contributed by atoms with E-state index in [4.69, 9.17) is 4.99 Å². The fourth-order valence-electron chi connectivity index (χ4n) is 3.36. The van der Waals surface area contributed by atoms with Gasteiger partial charge in [-0.05, 0) is 45.4 Å². The number of nitrogens with zero attached hydrogens (tertiary/aromatic N) is 5. The molecule has 0 radical (unpaired) electrons. The van der Waals surface area contributed by atoms with Gasteiger partial charge in [0.05, 0.1) is 22.5 Å². The molecule has 2 aromatic heterocycles. The van der Waals surface area contributed by atoms with Gasteiger partial charge in [0, 0.05) is 28.0 Å². The molecule has 1 aliphatic heterocycles. The number of hydrogen-bond donors (Lipinski definition) is 3. The molecule has 5 rings (SSSR count). The lowest BCUT2D eigenvalue weighted by Crippen LogP contribution is -2.12. The Morgan fingerprint density at radius 3 is 2.85 bits per heavy atom. The largest absolute Gasteiger partial charge is 0.494 e. The highest BCUT2D eigenvalue weighted by Gasteiger charge is 2.29. The topological polar surface area (TPSA) is 115 Å². The van der Waals surface area contributed by atoms with Gasteiger partial charge in [0.25, 0.3) is 0 Å². The average molecular weight is 422 g/mol. The molecule has 0 atom stereocenters. The zero-order valence-corrected chi connectivity index (χ0v) is 15.6. The van der Waals surface area contributed by atoms with Gasteiger partial charge in [-0.2, -0.15) is 5.21 Å². The molecule has 2 aromatic carbocycles. The minimum atomic E-state index is 0.0583. The predicted octanol–water partition coefficient (Wildman–Crippen LogP) is 3.37. The third kappa shape index (κ3) is 2.32. The molecule has 3 heterocycles. The Morgan fingerprint density at radius 1 is 1.19 bits per heavy atom. The number of hydrogen-bond acceptors (Lipinski definition) is 6. The van der Waals surface area contributed by atoms with Gasteiger partial charge in [0.15, 0.2) is 5.88 Å². The van der Waals surface area contributed by atoms with Crippen molar-refractivity contribution in [2.45, 2.75) is 0 Å². The number of aromatic nitrogens is 5. The molecule has 0 unspecified atom stereocenters. The lowest BCUT2D eigenvalue weighted by Gasteiger charge is -2.04. The van der Waals surface area contributed by atoms with Crippen molar-refractivity contribution in [2.24, 2.45) is 9.98 Å². The molecule has 132 valence electrons. The van der Waals surface area contributed by atoms with Gasteiger partial charge < -0.3 is 10.1 Å². The Kier molecular flexibility index (Phi) is 3.44. The Balaban J connectivity index is 1.69. The van der Waals surface area contributed by atoms with Crippen molar-refractivity contribution in [2.75, 3.05) is 7.05 Å². The molecule has 27 heavy (non-hydrogen) atoms. The van der Waals surface area contributed by atoms with Gasteiger partial charge in [-0.1, -0.05) is 12.1 Å². The summed E-state index contributed by atoms with van der Waals surface area (Å²) < 4.78 is 0.868. The van der Waals surface area contributed by atoms with Gasteiger partial charge in [-0.3, -0.25) is 4.99 Å². The van der Waals surface area contributed by atoms with Gasteiger partial charge in [0.1, 0.15) is 5.71 Å². The van der Waals surface area contributed by atoms with E-state index in [1.165, 1.54) is 0 Å². The zero-order valence-electron chi connectivity index (χ0n) is 14.0. The van der Waals surface area contributed by atoms with Crippen LogP contribution in [-0.2, 0) is 0 Å². The Morgan fingerprint density at radius 2 is 2.07 bits per heavy atom. The standard InChI is InChI=1S/C18H12BrN7O/c1-20-15-10-7-8(17-23-25-26-24-17)5-6-12(10)21-16(15)13-9-3-2-4-11(19)14(9)22-18(13)27/h2-7,22,27H,1H3,(H,23,24,25,26). The maximum atomic E-state index is 10.6. The van der Waals surface area contributed by atoms with Crippen LogP contribution >= 0.6 is 15.9 Å². The summed E-state index contributed by atoms with van der Waals surface area (Å²) in [6.07, 6.45) is 0. The summed E-state index contributed by atoms with van der Waals surface area (Å²) in [6.45, 7) is 0. The number of aliphatic imine (C=N–C) groups is 2. The number of nitrogens with one attached hydrogen (secondary N) is 2. The highest BCUT2D eigenvalue weighted by atomic mass is 79.9. The van der Waals surface area contributed by atoms with E-state index in [-0.39, 0.29) is 5.88 Å². The van der Waals surface area contributed by atoms with E-state index in [1.54, 1.807) is 7.05 Å². The fourth-order valence-corrected chi connectivity index (χ4v) is 3.82. The van der Waals surface area contributed by atoms with E-state index in [9.17, 15) is 5.11 Å². The van der Waals surface area contributed by atoms with E-state index in [0.29, 0.717) is 22.8 Å². The Bertz CT molecular complexity index is 1250. The second kappa shape index (κ2) is 5.85. The van der Waals surface area contributed by atoms with Crippen LogP contribution in [0, 0.1) is 0 Å². The molecule has 0 fully saturated rings. The second-order valence-corrected chi connectivity index (χ2v) is 6.87. The minimum absolute atomic E-state index is 0.0583. The summed E-state index contributed by atoms with van der Waals surface area (Å²) in [5, 5.41) is 25.5. The molecule has 8 nitrogen and oxygen atoms in total. The molecular formula is C18H12BrN7O. The number of aromatic hydroxyl groups is 1. The zero-order chi connectivity index (χ0) is 18.5. The molecule has 0 saturated carbocycles. The molecule has 0 amide bonds. The summed E-state index contributed by atoms with van der Waals surface area (Å²) in [7, 11) is 1.71. The maximum absolute atomic E-state index is 10.6. The highest BCUT2D eigenvalue weighted by molar-refractivity contribution is 9.10. The summed E-state index contributed by atoms with van der Waals surface area (Å²) >= 11 is 3.51. The van der Waals surface area contributed by atoms with E-state index >= 15 is 0 Å². The van der Waals surface area contributed by atoms with Crippen molar-refractivity contribution in [3.8, 4) is 17.3 Å². The first-order valence-corrected chi connectivity index (χ1v) is 8.90. The van der Waals surface area contributed by atoms with Crippen LogP contribution in [0.3, 0.4) is 0 Å². The molecular weight excluding hydrogens is 410 g/mol. The minimum Gasteiger partial charge on any atom is -0.494 e. The highest BCUT2D eigenvalue weighted by Crippen LogP contribution is 2.38. The average Bonchev–Trinajstić information content (AvgIpc) is 3.37. The van der Waals surface area contributed by atoms with Crippen LogP contribution in [0.2, 0.25) is 0 Å². The van der Waals surface area contributed by atoms with Gasteiger partial charge in [-0.15, -0.1) is 10.2 Å². The number of benzene rings is 2. The van der Waals surface area contributed by atoms with Gasteiger partial charge in [0.2, 0.25) is 5.82 Å². The van der Waals surface area contributed by atoms with Crippen LogP contribution in [0.1, 0.15) is 11.1 Å². The molecule has 0 bridgehead atoms. The normalized spacial score (nSPS) is 14.7. The SMILES string of the molecule is CN=C1C(c2c(O)[nH]c3c(Br)cccc23)=Nc2ccc(-c3nn[nH]n3)cc21. The van der Waals surface area contributed by atoms with Crippen LogP contribution in [0.15, 0.2) is 50.9 Å². The summed E-state index contributed by atoms with van der Waals surface area (Å²) in [6, 6.07) is 11.5. The first-order chi connectivity index (χ1) is 13.2. The third-order valence-corrected chi connectivity index (χ3v) is 5.20. The van der Waals surface area contributed by atoms with Crippen LogP contribution in [0.5, 0.6) is 5.88 Å². The van der Waals surface area contributed by atoms with Crippen molar-refractivity contribution in [1.29, 1.82) is 0 Å².